The molecule has 8 heteroatoms. The first-order valence-corrected chi connectivity index (χ1v) is 9.78. The number of allylic oxidation sites excluding steroid dienone is 1. The number of ketones is 1. The maximum Gasteiger partial charge on any atom is 0.269 e. The quantitative estimate of drug-likeness (QED) is 0.471. The number of carbonyl (C=O) groups is 1. The standard InChI is InChI=1S/C22H23N3O5/c1-14-11-18(26)17(13-24-9-7-23(2)8-10-24)22-20(14)21(27)19(30-22)12-15-3-5-16(6-4-15)25(28)29/h3-6,11-12,26H,7-10,13H2,1-2H3/b19-12-. The molecule has 0 aliphatic carbocycles. The van der Waals surface area contributed by atoms with Gasteiger partial charge in [-0.3, -0.25) is 19.8 Å². The molecule has 2 aromatic carbocycles. The van der Waals surface area contributed by atoms with Crippen molar-refractivity contribution >= 4 is 17.5 Å². The minimum atomic E-state index is -0.471. The van der Waals surface area contributed by atoms with Crippen molar-refractivity contribution in [3.8, 4) is 11.5 Å². The molecule has 0 amide bonds. The lowest BCUT2D eigenvalue weighted by Gasteiger charge is -2.32. The van der Waals surface area contributed by atoms with E-state index in [1.807, 2.05) is 0 Å². The van der Waals surface area contributed by atoms with Crippen molar-refractivity contribution in [2.75, 3.05) is 33.2 Å². The Kier molecular flexibility index (Phi) is 5.27. The van der Waals surface area contributed by atoms with Gasteiger partial charge in [-0.15, -0.1) is 0 Å². The van der Waals surface area contributed by atoms with E-state index in [1.165, 1.54) is 12.1 Å². The van der Waals surface area contributed by atoms with Gasteiger partial charge >= 0.3 is 0 Å². The summed E-state index contributed by atoms with van der Waals surface area (Å²) < 4.78 is 5.94. The van der Waals surface area contributed by atoms with Gasteiger partial charge in [0, 0.05) is 44.9 Å². The van der Waals surface area contributed by atoms with Crippen molar-refractivity contribution in [2.45, 2.75) is 13.5 Å². The molecule has 4 rings (SSSR count). The summed E-state index contributed by atoms with van der Waals surface area (Å²) in [5.41, 5.74) is 2.33. The van der Waals surface area contributed by atoms with Gasteiger partial charge in [0.25, 0.3) is 5.69 Å². The largest absolute Gasteiger partial charge is 0.507 e. The van der Waals surface area contributed by atoms with E-state index in [9.17, 15) is 20.0 Å². The Hall–Kier alpha value is -3.23. The Bertz CT molecular complexity index is 1040. The molecule has 156 valence electrons. The fourth-order valence-electron chi connectivity index (χ4n) is 3.81. The molecule has 0 atom stereocenters. The van der Waals surface area contributed by atoms with Gasteiger partial charge in [-0.05, 0) is 49.4 Å². The van der Waals surface area contributed by atoms with Gasteiger partial charge in [-0.25, -0.2) is 0 Å². The number of hydrogen-bond acceptors (Lipinski definition) is 7. The number of nitro groups is 1. The van der Waals surface area contributed by atoms with Crippen molar-refractivity contribution in [1.29, 1.82) is 0 Å². The number of phenolic OH excluding ortho intramolecular Hbond substituents is 1. The van der Waals surface area contributed by atoms with E-state index >= 15 is 0 Å². The molecule has 8 nitrogen and oxygen atoms in total. The highest BCUT2D eigenvalue weighted by atomic mass is 16.6. The molecule has 2 heterocycles. The van der Waals surface area contributed by atoms with Gasteiger partial charge in [-0.1, -0.05) is 0 Å². The fraction of sp³-hybridized carbons (Fsp3) is 0.318. The molecule has 2 aromatic rings. The van der Waals surface area contributed by atoms with Crippen LogP contribution < -0.4 is 4.74 Å². The summed E-state index contributed by atoms with van der Waals surface area (Å²) in [5, 5.41) is 21.4. The number of likely N-dealkylation sites (N-methyl/N-ethyl adjacent to an activating group) is 1. The number of aromatic hydroxyl groups is 1. The maximum atomic E-state index is 13.0. The summed E-state index contributed by atoms with van der Waals surface area (Å²) in [5.74, 6) is 0.423. The average molecular weight is 409 g/mol. The second-order valence-electron chi connectivity index (χ2n) is 7.76. The molecule has 0 saturated carbocycles. The number of rotatable bonds is 4. The zero-order chi connectivity index (χ0) is 21.4. The fourth-order valence-corrected chi connectivity index (χ4v) is 3.81. The third kappa shape index (κ3) is 3.79. The second kappa shape index (κ2) is 7.89. The van der Waals surface area contributed by atoms with E-state index in [0.29, 0.717) is 34.5 Å². The van der Waals surface area contributed by atoms with E-state index < -0.39 is 4.92 Å². The third-order valence-electron chi connectivity index (χ3n) is 5.60. The summed E-state index contributed by atoms with van der Waals surface area (Å²) >= 11 is 0. The van der Waals surface area contributed by atoms with Crippen LogP contribution in [0.15, 0.2) is 36.1 Å². The molecule has 0 aromatic heterocycles. The molecular formula is C22H23N3O5. The Balaban J connectivity index is 1.64. The first-order chi connectivity index (χ1) is 14.3. The molecule has 0 bridgehead atoms. The van der Waals surface area contributed by atoms with Gasteiger partial charge in [0.1, 0.15) is 11.5 Å². The molecule has 1 N–H and O–H groups in total. The van der Waals surface area contributed by atoms with Crippen LogP contribution >= 0.6 is 0 Å². The number of carbonyl (C=O) groups excluding carboxylic acids is 1. The van der Waals surface area contributed by atoms with E-state index in [1.54, 1.807) is 31.2 Å². The molecular weight excluding hydrogens is 386 g/mol. The number of nitrogens with zero attached hydrogens (tertiary/aromatic N) is 3. The number of fused-ring (bicyclic) bond motifs is 1. The van der Waals surface area contributed by atoms with E-state index in [4.69, 9.17) is 4.74 Å². The summed E-state index contributed by atoms with van der Waals surface area (Å²) in [6.07, 6.45) is 1.57. The van der Waals surface area contributed by atoms with E-state index in [2.05, 4.69) is 16.8 Å². The van der Waals surface area contributed by atoms with Crippen molar-refractivity contribution in [2.24, 2.45) is 0 Å². The van der Waals surface area contributed by atoms with Gasteiger partial charge < -0.3 is 14.7 Å². The molecule has 0 unspecified atom stereocenters. The number of ether oxygens (including phenoxy) is 1. The lowest BCUT2D eigenvalue weighted by Crippen LogP contribution is -2.43. The molecule has 1 saturated heterocycles. The predicted octanol–water partition coefficient (Wildman–Crippen LogP) is 2.97. The molecule has 1 fully saturated rings. The van der Waals surface area contributed by atoms with Crippen LogP contribution in [0, 0.1) is 17.0 Å². The summed E-state index contributed by atoms with van der Waals surface area (Å²) in [4.78, 5) is 27.8. The topological polar surface area (TPSA) is 96.2 Å². The SMILES string of the molecule is Cc1cc(O)c(CN2CCN(C)CC2)c2c1C(=O)/C(=C/c1ccc([N+](=O)[O-])cc1)O2. The lowest BCUT2D eigenvalue weighted by molar-refractivity contribution is -0.384. The van der Waals surface area contributed by atoms with E-state index in [0.717, 1.165) is 26.2 Å². The third-order valence-corrected chi connectivity index (χ3v) is 5.60. The highest BCUT2D eigenvalue weighted by Gasteiger charge is 2.34. The van der Waals surface area contributed by atoms with Crippen LogP contribution in [0.4, 0.5) is 5.69 Å². The summed E-state index contributed by atoms with van der Waals surface area (Å²) in [7, 11) is 2.08. The van der Waals surface area contributed by atoms with Crippen molar-refractivity contribution in [3.63, 3.8) is 0 Å². The maximum absolute atomic E-state index is 13.0. The van der Waals surface area contributed by atoms with Crippen LogP contribution in [0.25, 0.3) is 6.08 Å². The number of Topliss-reactive ketones (excluding diaryl/α,β-unsaturated/α-hetero) is 1. The van der Waals surface area contributed by atoms with Gasteiger partial charge in [-0.2, -0.15) is 0 Å². The minimum Gasteiger partial charge on any atom is -0.507 e. The average Bonchev–Trinajstić information content (AvgIpc) is 3.03. The highest BCUT2D eigenvalue weighted by Crippen LogP contribution is 2.42. The number of non-ortho nitro benzene ring substituents is 1. The van der Waals surface area contributed by atoms with Crippen molar-refractivity contribution < 1.29 is 19.6 Å². The number of benzene rings is 2. The Labute approximate surface area is 174 Å². The zero-order valence-electron chi connectivity index (χ0n) is 16.9. The first-order valence-electron chi connectivity index (χ1n) is 9.78. The number of aryl methyl sites for hydroxylation is 1. The highest BCUT2D eigenvalue weighted by molar-refractivity contribution is 6.15. The Morgan fingerprint density at radius 2 is 1.87 bits per heavy atom. The van der Waals surface area contributed by atoms with Gasteiger partial charge in [0.2, 0.25) is 5.78 Å². The Morgan fingerprint density at radius 3 is 2.50 bits per heavy atom. The predicted molar refractivity (Wildman–Crippen MR) is 112 cm³/mol. The summed E-state index contributed by atoms with van der Waals surface area (Å²) in [6, 6.07) is 7.52. The number of hydrogen-bond donors (Lipinski definition) is 1. The van der Waals surface area contributed by atoms with Crippen molar-refractivity contribution in [1.82, 2.24) is 9.80 Å². The molecule has 2 aliphatic rings. The minimum absolute atomic E-state index is 0.0191. The second-order valence-corrected chi connectivity index (χ2v) is 7.76. The first kappa shape index (κ1) is 20.1. The van der Waals surface area contributed by atoms with Gasteiger partial charge in [0.15, 0.2) is 5.76 Å². The smallest absolute Gasteiger partial charge is 0.269 e. The number of phenols is 1. The van der Waals surface area contributed by atoms with Crippen LogP contribution in [0.2, 0.25) is 0 Å². The monoisotopic (exact) mass is 409 g/mol. The molecule has 0 radical (unpaired) electrons. The van der Waals surface area contributed by atoms with E-state index in [-0.39, 0.29) is 23.0 Å². The van der Waals surface area contributed by atoms with Crippen LogP contribution in [0.5, 0.6) is 11.5 Å². The molecule has 30 heavy (non-hydrogen) atoms. The normalized spacial score (nSPS) is 18.5. The number of nitro benzene ring substituents is 1. The molecule has 0 spiro atoms. The number of piperazine rings is 1. The Morgan fingerprint density at radius 1 is 1.20 bits per heavy atom. The molecule has 2 aliphatic heterocycles. The van der Waals surface area contributed by atoms with Crippen LogP contribution in [0.1, 0.15) is 27.0 Å². The van der Waals surface area contributed by atoms with Crippen LogP contribution in [-0.4, -0.2) is 58.8 Å². The lowest BCUT2D eigenvalue weighted by atomic mass is 9.99. The summed E-state index contributed by atoms with van der Waals surface area (Å²) in [6.45, 7) is 5.91. The van der Waals surface area contributed by atoms with Crippen LogP contribution in [0.3, 0.4) is 0 Å². The van der Waals surface area contributed by atoms with Crippen molar-refractivity contribution in [3.05, 3.63) is 68.5 Å². The van der Waals surface area contributed by atoms with Crippen LogP contribution in [-0.2, 0) is 6.54 Å². The zero-order valence-corrected chi connectivity index (χ0v) is 16.9. The van der Waals surface area contributed by atoms with Gasteiger partial charge in [0.05, 0.1) is 16.1 Å².